The number of hydrogen-bond acceptors (Lipinski definition) is 0. The third kappa shape index (κ3) is 1.85. The molecule has 0 heterocycles. The van der Waals surface area contributed by atoms with Gasteiger partial charge >= 0.3 is 0 Å². The summed E-state index contributed by atoms with van der Waals surface area (Å²) in [6.07, 6.45) is 4.46. The van der Waals surface area contributed by atoms with Crippen LogP contribution < -0.4 is 0 Å². The summed E-state index contributed by atoms with van der Waals surface area (Å²) in [5.41, 5.74) is 0. The van der Waals surface area contributed by atoms with Gasteiger partial charge in [-0.1, -0.05) is 41.0 Å². The first-order chi connectivity index (χ1) is 7.07. The first-order valence-electron chi connectivity index (χ1n) is 7.07. The second-order valence-corrected chi connectivity index (χ2v) is 6.55. The molecule has 2 aliphatic carbocycles. The molecule has 6 atom stereocenters. The summed E-state index contributed by atoms with van der Waals surface area (Å²) in [5.74, 6) is 7.25. The lowest BCUT2D eigenvalue weighted by Gasteiger charge is -2.24. The average Bonchev–Trinajstić information content (AvgIpc) is 2.76. The van der Waals surface area contributed by atoms with Gasteiger partial charge in [0.05, 0.1) is 0 Å². The maximum absolute atomic E-state index is 2.49. The molecule has 0 spiro atoms. The lowest BCUT2D eigenvalue weighted by molar-refractivity contribution is 0.251. The lowest BCUT2D eigenvalue weighted by atomic mass is 9.81. The third-order valence-corrected chi connectivity index (χ3v) is 5.65. The van der Waals surface area contributed by atoms with E-state index in [0.717, 1.165) is 41.4 Å². The maximum Gasteiger partial charge on any atom is -0.0318 e. The van der Waals surface area contributed by atoms with Crippen LogP contribution >= 0.6 is 0 Å². The van der Waals surface area contributed by atoms with E-state index in [-0.39, 0.29) is 0 Å². The minimum atomic E-state index is 0.887. The normalized spacial score (nSPS) is 42.8. The molecule has 0 aromatic carbocycles. The molecular formula is C15H28. The lowest BCUT2D eigenvalue weighted by Crippen LogP contribution is -2.17. The van der Waals surface area contributed by atoms with Gasteiger partial charge in [-0.05, 0) is 54.3 Å². The second-order valence-electron chi connectivity index (χ2n) is 6.55. The van der Waals surface area contributed by atoms with E-state index >= 15 is 0 Å². The zero-order valence-corrected chi connectivity index (χ0v) is 11.2. The smallest absolute Gasteiger partial charge is 0.0318 e. The van der Waals surface area contributed by atoms with E-state index in [4.69, 9.17) is 0 Å². The van der Waals surface area contributed by atoms with Crippen LogP contribution in [0.3, 0.4) is 0 Å². The summed E-state index contributed by atoms with van der Waals surface area (Å²) in [5, 5.41) is 0. The zero-order chi connectivity index (χ0) is 11.2. The predicted octanol–water partition coefficient (Wildman–Crippen LogP) is 4.60. The second kappa shape index (κ2) is 4.11. The Hall–Kier alpha value is 0. The van der Waals surface area contributed by atoms with E-state index in [2.05, 4.69) is 34.6 Å². The Morgan fingerprint density at radius 3 is 2.27 bits per heavy atom. The molecule has 2 saturated carbocycles. The highest BCUT2D eigenvalue weighted by Crippen LogP contribution is 2.65. The highest BCUT2D eigenvalue weighted by Gasteiger charge is 2.60. The molecule has 6 unspecified atom stereocenters. The molecule has 88 valence electrons. The van der Waals surface area contributed by atoms with E-state index in [0.29, 0.717) is 0 Å². The molecule has 0 amide bonds. The van der Waals surface area contributed by atoms with E-state index in [1.54, 1.807) is 6.42 Å². The molecule has 2 fully saturated rings. The topological polar surface area (TPSA) is 0 Å². The molecule has 0 aromatic heterocycles. The van der Waals surface area contributed by atoms with Gasteiger partial charge in [-0.25, -0.2) is 0 Å². The van der Waals surface area contributed by atoms with E-state index in [9.17, 15) is 0 Å². The Bertz CT molecular complexity index is 218. The van der Waals surface area contributed by atoms with Gasteiger partial charge in [-0.15, -0.1) is 0 Å². The summed E-state index contributed by atoms with van der Waals surface area (Å²) < 4.78 is 0. The molecule has 0 radical (unpaired) electrons. The van der Waals surface area contributed by atoms with Gasteiger partial charge in [0.1, 0.15) is 0 Å². The van der Waals surface area contributed by atoms with Crippen molar-refractivity contribution in [3.63, 3.8) is 0 Å². The maximum atomic E-state index is 2.49. The SMILES string of the molecule is CCC(C)C1CCC2C(C(C)C(C)C)C12. The Balaban J connectivity index is 1.95. The van der Waals surface area contributed by atoms with Gasteiger partial charge in [0.15, 0.2) is 0 Å². The molecule has 0 bridgehead atoms. The molecule has 0 aromatic rings. The van der Waals surface area contributed by atoms with Gasteiger partial charge in [-0.2, -0.15) is 0 Å². The van der Waals surface area contributed by atoms with Crippen LogP contribution in [0, 0.1) is 41.4 Å². The van der Waals surface area contributed by atoms with Gasteiger partial charge < -0.3 is 0 Å². The molecule has 0 aliphatic heterocycles. The molecule has 0 heteroatoms. The fourth-order valence-corrected chi connectivity index (χ4v) is 4.14. The molecule has 0 saturated heterocycles. The Kier molecular flexibility index (Phi) is 3.14. The molecule has 0 nitrogen and oxygen atoms in total. The summed E-state index contributed by atoms with van der Waals surface area (Å²) >= 11 is 0. The largest absolute Gasteiger partial charge is 0.0651 e. The first-order valence-corrected chi connectivity index (χ1v) is 7.07. The number of fused-ring (bicyclic) bond motifs is 1. The van der Waals surface area contributed by atoms with Crippen molar-refractivity contribution in [1.29, 1.82) is 0 Å². The van der Waals surface area contributed by atoms with E-state index in [1.165, 1.54) is 12.8 Å². The van der Waals surface area contributed by atoms with Crippen molar-refractivity contribution in [3.8, 4) is 0 Å². The standard InChI is InChI=1S/C15H28/c1-6-10(4)12-7-8-13-14(15(12)13)11(5)9(2)3/h9-15H,6-8H2,1-5H3. The Morgan fingerprint density at radius 2 is 1.73 bits per heavy atom. The van der Waals surface area contributed by atoms with Gasteiger partial charge in [-0.3, -0.25) is 0 Å². The fourth-order valence-electron chi connectivity index (χ4n) is 4.14. The van der Waals surface area contributed by atoms with Crippen LogP contribution in [0.5, 0.6) is 0 Å². The molecule has 2 rings (SSSR count). The number of rotatable bonds is 4. The highest BCUT2D eigenvalue weighted by atomic mass is 14.6. The predicted molar refractivity (Wildman–Crippen MR) is 66.7 cm³/mol. The van der Waals surface area contributed by atoms with Crippen LogP contribution in [0.25, 0.3) is 0 Å². The Morgan fingerprint density at radius 1 is 1.07 bits per heavy atom. The van der Waals surface area contributed by atoms with Gasteiger partial charge in [0, 0.05) is 0 Å². The monoisotopic (exact) mass is 208 g/mol. The van der Waals surface area contributed by atoms with Crippen molar-refractivity contribution >= 4 is 0 Å². The summed E-state index contributed by atoms with van der Waals surface area (Å²) in [4.78, 5) is 0. The van der Waals surface area contributed by atoms with Crippen molar-refractivity contribution in [3.05, 3.63) is 0 Å². The molecular weight excluding hydrogens is 180 g/mol. The van der Waals surface area contributed by atoms with Crippen molar-refractivity contribution < 1.29 is 0 Å². The minimum Gasteiger partial charge on any atom is -0.0651 e. The van der Waals surface area contributed by atoms with Gasteiger partial charge in [0.2, 0.25) is 0 Å². The number of hydrogen-bond donors (Lipinski definition) is 0. The third-order valence-electron chi connectivity index (χ3n) is 5.65. The average molecular weight is 208 g/mol. The summed E-state index contributed by atoms with van der Waals surface area (Å²) in [6.45, 7) is 12.1. The van der Waals surface area contributed by atoms with E-state index < -0.39 is 0 Å². The Labute approximate surface area is 95.8 Å². The van der Waals surface area contributed by atoms with Crippen LogP contribution in [-0.2, 0) is 0 Å². The van der Waals surface area contributed by atoms with Crippen LogP contribution in [0.2, 0.25) is 0 Å². The van der Waals surface area contributed by atoms with Gasteiger partial charge in [0.25, 0.3) is 0 Å². The van der Waals surface area contributed by atoms with Crippen molar-refractivity contribution in [2.75, 3.05) is 0 Å². The molecule has 0 N–H and O–H groups in total. The highest BCUT2D eigenvalue weighted by molar-refractivity contribution is 5.08. The van der Waals surface area contributed by atoms with Crippen LogP contribution in [0.15, 0.2) is 0 Å². The zero-order valence-electron chi connectivity index (χ0n) is 11.2. The summed E-state index contributed by atoms with van der Waals surface area (Å²) in [6, 6.07) is 0. The fraction of sp³-hybridized carbons (Fsp3) is 1.00. The van der Waals surface area contributed by atoms with Crippen molar-refractivity contribution in [1.82, 2.24) is 0 Å². The minimum absolute atomic E-state index is 0.887. The van der Waals surface area contributed by atoms with Crippen molar-refractivity contribution in [2.24, 2.45) is 41.4 Å². The van der Waals surface area contributed by atoms with E-state index in [1.807, 2.05) is 0 Å². The quantitative estimate of drug-likeness (QED) is 0.633. The van der Waals surface area contributed by atoms with Crippen LogP contribution in [-0.4, -0.2) is 0 Å². The first kappa shape index (κ1) is 11.5. The summed E-state index contributed by atoms with van der Waals surface area (Å²) in [7, 11) is 0. The molecule has 2 aliphatic rings. The van der Waals surface area contributed by atoms with Crippen LogP contribution in [0.4, 0.5) is 0 Å². The van der Waals surface area contributed by atoms with Crippen molar-refractivity contribution in [2.45, 2.75) is 53.9 Å². The molecule has 15 heavy (non-hydrogen) atoms. The van der Waals surface area contributed by atoms with Crippen LogP contribution in [0.1, 0.15) is 53.9 Å².